The molecule has 0 aliphatic heterocycles. The third kappa shape index (κ3) is 5.91. The lowest BCUT2D eigenvalue weighted by atomic mass is 9.87. The van der Waals surface area contributed by atoms with Gasteiger partial charge in [0, 0.05) is 19.0 Å². The van der Waals surface area contributed by atoms with E-state index in [-0.39, 0.29) is 11.5 Å². The van der Waals surface area contributed by atoms with Crippen molar-refractivity contribution >= 4 is 0 Å². The van der Waals surface area contributed by atoms with E-state index in [4.69, 9.17) is 9.68 Å². The molecule has 4 heteroatoms. The van der Waals surface area contributed by atoms with Crippen LogP contribution in [-0.2, 0) is 0 Å². The standard InChI is InChI=1S/C15H24N2O2/c1-12(10-13(18)14-6-4-9-19-14)17-11-15(2,3)7-5-8-16/h4,6,9,12-13,17-18H,5,7,10-11H2,1-3H3. The summed E-state index contributed by atoms with van der Waals surface area (Å²) < 4.78 is 5.18. The highest BCUT2D eigenvalue weighted by molar-refractivity contribution is 5.02. The number of nitriles is 1. The van der Waals surface area contributed by atoms with Crippen LogP contribution in [0, 0.1) is 16.7 Å². The van der Waals surface area contributed by atoms with Crippen molar-refractivity contribution in [3.63, 3.8) is 0 Å². The van der Waals surface area contributed by atoms with Gasteiger partial charge < -0.3 is 14.8 Å². The summed E-state index contributed by atoms with van der Waals surface area (Å²) in [4.78, 5) is 0. The Labute approximate surface area is 115 Å². The van der Waals surface area contributed by atoms with E-state index < -0.39 is 6.10 Å². The predicted octanol–water partition coefficient (Wildman–Crippen LogP) is 3.01. The van der Waals surface area contributed by atoms with E-state index in [1.807, 2.05) is 6.92 Å². The normalized spacial score (nSPS) is 14.9. The molecule has 0 aromatic carbocycles. The maximum absolute atomic E-state index is 9.97. The summed E-state index contributed by atoms with van der Waals surface area (Å²) in [7, 11) is 0. The van der Waals surface area contributed by atoms with Gasteiger partial charge in [0.1, 0.15) is 11.9 Å². The average Bonchev–Trinajstić information content (AvgIpc) is 2.88. The lowest BCUT2D eigenvalue weighted by Gasteiger charge is -2.27. The molecule has 1 aromatic rings. The number of rotatable bonds is 8. The van der Waals surface area contributed by atoms with Crippen LogP contribution in [0.15, 0.2) is 22.8 Å². The minimum Gasteiger partial charge on any atom is -0.467 e. The second kappa shape index (κ2) is 7.32. The first-order valence-corrected chi connectivity index (χ1v) is 6.76. The summed E-state index contributed by atoms with van der Waals surface area (Å²) in [6.07, 6.45) is 3.07. The molecule has 0 fully saturated rings. The summed E-state index contributed by atoms with van der Waals surface area (Å²) in [5.74, 6) is 0.609. The minimum absolute atomic E-state index is 0.0968. The summed E-state index contributed by atoms with van der Waals surface area (Å²) in [6, 6.07) is 5.94. The second-order valence-electron chi connectivity index (χ2n) is 5.87. The van der Waals surface area contributed by atoms with Crippen LogP contribution in [0.25, 0.3) is 0 Å². The fraction of sp³-hybridized carbons (Fsp3) is 0.667. The van der Waals surface area contributed by atoms with Gasteiger partial charge in [0.25, 0.3) is 0 Å². The van der Waals surface area contributed by atoms with Crippen LogP contribution < -0.4 is 5.32 Å². The molecule has 0 spiro atoms. The van der Waals surface area contributed by atoms with Gasteiger partial charge in [0.2, 0.25) is 0 Å². The average molecular weight is 264 g/mol. The van der Waals surface area contributed by atoms with Crippen molar-refractivity contribution in [1.29, 1.82) is 5.26 Å². The fourth-order valence-corrected chi connectivity index (χ4v) is 1.95. The van der Waals surface area contributed by atoms with E-state index in [1.54, 1.807) is 18.4 Å². The Morgan fingerprint density at radius 3 is 2.84 bits per heavy atom. The van der Waals surface area contributed by atoms with Crippen LogP contribution in [0.3, 0.4) is 0 Å². The van der Waals surface area contributed by atoms with Gasteiger partial charge in [-0.1, -0.05) is 13.8 Å². The smallest absolute Gasteiger partial charge is 0.132 e. The van der Waals surface area contributed by atoms with Crippen molar-refractivity contribution < 1.29 is 9.52 Å². The fourth-order valence-electron chi connectivity index (χ4n) is 1.95. The topological polar surface area (TPSA) is 69.2 Å². The molecular weight excluding hydrogens is 240 g/mol. The van der Waals surface area contributed by atoms with Crippen molar-refractivity contribution in [2.45, 2.75) is 52.2 Å². The Kier molecular flexibility index (Phi) is 6.07. The quantitative estimate of drug-likeness (QED) is 0.757. The maximum atomic E-state index is 9.97. The van der Waals surface area contributed by atoms with Crippen LogP contribution in [-0.4, -0.2) is 17.7 Å². The zero-order valence-corrected chi connectivity index (χ0v) is 12.0. The molecule has 0 aliphatic rings. The summed E-state index contributed by atoms with van der Waals surface area (Å²) >= 11 is 0. The van der Waals surface area contributed by atoms with E-state index in [9.17, 15) is 5.11 Å². The Morgan fingerprint density at radius 1 is 1.53 bits per heavy atom. The van der Waals surface area contributed by atoms with Crippen LogP contribution in [0.2, 0.25) is 0 Å². The van der Waals surface area contributed by atoms with Crippen LogP contribution in [0.1, 0.15) is 51.9 Å². The third-order valence-corrected chi connectivity index (χ3v) is 3.29. The molecule has 0 aliphatic carbocycles. The largest absolute Gasteiger partial charge is 0.467 e. The Hall–Kier alpha value is -1.31. The predicted molar refractivity (Wildman–Crippen MR) is 74.4 cm³/mol. The van der Waals surface area contributed by atoms with E-state index in [2.05, 4.69) is 25.2 Å². The van der Waals surface area contributed by atoms with Crippen LogP contribution >= 0.6 is 0 Å². The number of aliphatic hydroxyl groups is 1. The molecule has 1 heterocycles. The van der Waals surface area contributed by atoms with E-state index >= 15 is 0 Å². The van der Waals surface area contributed by atoms with E-state index in [1.165, 1.54) is 0 Å². The number of aliphatic hydroxyl groups excluding tert-OH is 1. The molecule has 0 radical (unpaired) electrons. The molecule has 1 aromatic heterocycles. The molecule has 106 valence electrons. The third-order valence-electron chi connectivity index (χ3n) is 3.29. The first-order valence-electron chi connectivity index (χ1n) is 6.76. The first-order chi connectivity index (χ1) is 8.94. The molecule has 2 N–H and O–H groups in total. The highest BCUT2D eigenvalue weighted by Crippen LogP contribution is 2.22. The molecule has 2 unspecified atom stereocenters. The molecule has 0 amide bonds. The molecule has 0 saturated heterocycles. The zero-order chi connectivity index (χ0) is 14.3. The number of hydrogen-bond acceptors (Lipinski definition) is 4. The van der Waals surface area contributed by atoms with Gasteiger partial charge in [0.05, 0.1) is 12.3 Å². The number of nitrogens with one attached hydrogen (secondary N) is 1. The molecular formula is C15H24N2O2. The van der Waals surface area contributed by atoms with Gasteiger partial charge in [-0.05, 0) is 37.3 Å². The molecule has 0 bridgehead atoms. The molecule has 4 nitrogen and oxygen atoms in total. The Morgan fingerprint density at radius 2 is 2.26 bits per heavy atom. The monoisotopic (exact) mass is 264 g/mol. The second-order valence-corrected chi connectivity index (χ2v) is 5.87. The SMILES string of the molecule is CC(CC(O)c1ccco1)NCC(C)(C)CCC#N. The van der Waals surface area contributed by atoms with Gasteiger partial charge >= 0.3 is 0 Å². The lowest BCUT2D eigenvalue weighted by Crippen LogP contribution is -2.36. The van der Waals surface area contributed by atoms with Crippen molar-refractivity contribution in [2.75, 3.05) is 6.54 Å². The highest BCUT2D eigenvalue weighted by atomic mass is 16.4. The van der Waals surface area contributed by atoms with Gasteiger partial charge in [0.15, 0.2) is 0 Å². The summed E-state index contributed by atoms with van der Waals surface area (Å²) in [5, 5.41) is 22.0. The maximum Gasteiger partial charge on any atom is 0.132 e. The molecule has 2 atom stereocenters. The zero-order valence-electron chi connectivity index (χ0n) is 12.0. The van der Waals surface area contributed by atoms with Crippen molar-refractivity contribution in [3.05, 3.63) is 24.2 Å². The van der Waals surface area contributed by atoms with Crippen molar-refractivity contribution in [2.24, 2.45) is 5.41 Å². The Balaban J connectivity index is 2.31. The molecule has 19 heavy (non-hydrogen) atoms. The van der Waals surface area contributed by atoms with E-state index in [0.29, 0.717) is 18.6 Å². The first kappa shape index (κ1) is 15.7. The van der Waals surface area contributed by atoms with Crippen LogP contribution in [0.4, 0.5) is 0 Å². The van der Waals surface area contributed by atoms with Gasteiger partial charge in [-0.25, -0.2) is 0 Å². The van der Waals surface area contributed by atoms with Gasteiger partial charge in [-0.15, -0.1) is 0 Å². The number of hydrogen-bond donors (Lipinski definition) is 2. The summed E-state index contributed by atoms with van der Waals surface area (Å²) in [6.45, 7) is 7.17. The van der Waals surface area contributed by atoms with Gasteiger partial charge in [-0.2, -0.15) is 5.26 Å². The molecule has 0 saturated carbocycles. The van der Waals surface area contributed by atoms with Crippen molar-refractivity contribution in [1.82, 2.24) is 5.32 Å². The van der Waals surface area contributed by atoms with Crippen molar-refractivity contribution in [3.8, 4) is 6.07 Å². The highest BCUT2D eigenvalue weighted by Gasteiger charge is 2.20. The lowest BCUT2D eigenvalue weighted by molar-refractivity contribution is 0.126. The minimum atomic E-state index is -0.570. The van der Waals surface area contributed by atoms with E-state index in [0.717, 1.165) is 13.0 Å². The molecule has 1 rings (SSSR count). The Bertz CT molecular complexity index is 393. The number of nitrogens with zero attached hydrogens (tertiary/aromatic N) is 1. The van der Waals surface area contributed by atoms with Gasteiger partial charge in [-0.3, -0.25) is 0 Å². The van der Waals surface area contributed by atoms with Crippen LogP contribution in [0.5, 0.6) is 0 Å². The number of furan rings is 1. The summed E-state index contributed by atoms with van der Waals surface area (Å²) in [5.41, 5.74) is 0.0968.